The average molecular weight is 314 g/mol. The molecule has 0 atom stereocenters. The molecule has 0 heterocycles. The van der Waals surface area contributed by atoms with Crippen molar-refractivity contribution in [1.29, 1.82) is 0 Å². The van der Waals surface area contributed by atoms with Crippen molar-refractivity contribution in [2.45, 2.75) is 19.3 Å². The van der Waals surface area contributed by atoms with E-state index in [1.165, 1.54) is 23.4 Å². The molecule has 1 amide bonds. The van der Waals surface area contributed by atoms with Gasteiger partial charge in [0.25, 0.3) is 0 Å². The fourth-order valence-corrected chi connectivity index (χ4v) is 2.33. The van der Waals surface area contributed by atoms with Gasteiger partial charge in [-0.05, 0) is 48.2 Å². The van der Waals surface area contributed by atoms with Gasteiger partial charge in [0, 0.05) is 26.3 Å². The summed E-state index contributed by atoms with van der Waals surface area (Å²) in [6, 6.07) is 14.5. The van der Waals surface area contributed by atoms with Crippen LogP contribution in [0, 0.1) is 5.82 Å². The molecule has 0 saturated heterocycles. The fourth-order valence-electron chi connectivity index (χ4n) is 2.33. The normalized spacial score (nSPS) is 10.4. The van der Waals surface area contributed by atoms with E-state index in [1.807, 2.05) is 14.1 Å². The van der Waals surface area contributed by atoms with Gasteiger partial charge in [-0.25, -0.2) is 4.39 Å². The molecule has 0 radical (unpaired) electrons. The molecule has 0 aliphatic heterocycles. The molecule has 3 nitrogen and oxygen atoms in total. The first kappa shape index (κ1) is 17.0. The van der Waals surface area contributed by atoms with Gasteiger partial charge in [-0.15, -0.1) is 0 Å². The smallest absolute Gasteiger partial charge is 0.224 e. The van der Waals surface area contributed by atoms with Crippen LogP contribution in [0.3, 0.4) is 0 Å². The van der Waals surface area contributed by atoms with Gasteiger partial charge in [0.2, 0.25) is 5.91 Å². The SMILES string of the molecule is CN(C)c1ccc(CCCNC(=O)Cc2ccc(F)cc2)cc1. The Bertz CT molecular complexity index is 621. The highest BCUT2D eigenvalue weighted by molar-refractivity contribution is 5.78. The summed E-state index contributed by atoms with van der Waals surface area (Å²) in [7, 11) is 4.04. The zero-order valence-corrected chi connectivity index (χ0v) is 13.7. The zero-order chi connectivity index (χ0) is 16.7. The lowest BCUT2D eigenvalue weighted by Gasteiger charge is -2.12. The summed E-state index contributed by atoms with van der Waals surface area (Å²) in [6.07, 6.45) is 2.12. The minimum Gasteiger partial charge on any atom is -0.378 e. The number of hydrogen-bond acceptors (Lipinski definition) is 2. The molecule has 0 spiro atoms. The molecule has 2 aromatic rings. The van der Waals surface area contributed by atoms with Crippen LogP contribution < -0.4 is 10.2 Å². The maximum absolute atomic E-state index is 12.8. The number of halogens is 1. The molecule has 0 aliphatic rings. The molecule has 122 valence electrons. The summed E-state index contributed by atoms with van der Waals surface area (Å²) in [5.41, 5.74) is 3.27. The summed E-state index contributed by atoms with van der Waals surface area (Å²) in [6.45, 7) is 0.648. The molecule has 2 rings (SSSR count). The Morgan fingerprint density at radius 2 is 1.61 bits per heavy atom. The monoisotopic (exact) mass is 314 g/mol. The summed E-state index contributed by atoms with van der Waals surface area (Å²) in [5, 5.41) is 2.90. The van der Waals surface area contributed by atoms with Crippen molar-refractivity contribution in [3.63, 3.8) is 0 Å². The number of aryl methyl sites for hydroxylation is 1. The fraction of sp³-hybridized carbons (Fsp3) is 0.316. The van der Waals surface area contributed by atoms with Gasteiger partial charge in [-0.2, -0.15) is 0 Å². The van der Waals surface area contributed by atoms with Crippen LogP contribution in [0.1, 0.15) is 17.5 Å². The van der Waals surface area contributed by atoms with Crippen molar-refractivity contribution >= 4 is 11.6 Å². The van der Waals surface area contributed by atoms with E-state index in [1.54, 1.807) is 12.1 Å². The second-order valence-electron chi connectivity index (χ2n) is 5.82. The maximum atomic E-state index is 12.8. The Morgan fingerprint density at radius 1 is 1.00 bits per heavy atom. The Kier molecular flexibility index (Phi) is 6.15. The number of amides is 1. The molecule has 0 saturated carbocycles. The van der Waals surface area contributed by atoms with E-state index in [0.29, 0.717) is 6.54 Å². The van der Waals surface area contributed by atoms with Crippen LogP contribution in [0.2, 0.25) is 0 Å². The Labute approximate surface area is 137 Å². The van der Waals surface area contributed by atoms with Crippen LogP contribution in [0.5, 0.6) is 0 Å². The van der Waals surface area contributed by atoms with Crippen molar-refractivity contribution in [2.75, 3.05) is 25.5 Å². The summed E-state index contributed by atoms with van der Waals surface area (Å²) >= 11 is 0. The number of anilines is 1. The van der Waals surface area contributed by atoms with E-state index < -0.39 is 0 Å². The number of carbonyl (C=O) groups is 1. The Balaban J connectivity index is 1.68. The van der Waals surface area contributed by atoms with Crippen LogP contribution in [0.25, 0.3) is 0 Å². The van der Waals surface area contributed by atoms with Crippen LogP contribution in [0.4, 0.5) is 10.1 Å². The third-order valence-corrected chi connectivity index (χ3v) is 3.70. The van der Waals surface area contributed by atoms with Gasteiger partial charge < -0.3 is 10.2 Å². The van der Waals surface area contributed by atoms with E-state index in [2.05, 4.69) is 34.5 Å². The van der Waals surface area contributed by atoms with Crippen molar-refractivity contribution < 1.29 is 9.18 Å². The lowest BCUT2D eigenvalue weighted by atomic mass is 10.1. The van der Waals surface area contributed by atoms with E-state index in [9.17, 15) is 9.18 Å². The van der Waals surface area contributed by atoms with E-state index >= 15 is 0 Å². The largest absolute Gasteiger partial charge is 0.378 e. The number of benzene rings is 2. The maximum Gasteiger partial charge on any atom is 0.224 e. The van der Waals surface area contributed by atoms with Gasteiger partial charge in [0.1, 0.15) is 5.82 Å². The number of hydrogen-bond donors (Lipinski definition) is 1. The number of rotatable bonds is 7. The molecule has 4 heteroatoms. The van der Waals surface area contributed by atoms with Crippen LogP contribution in [-0.4, -0.2) is 26.5 Å². The topological polar surface area (TPSA) is 32.3 Å². The van der Waals surface area contributed by atoms with Crippen molar-refractivity contribution in [3.8, 4) is 0 Å². The average Bonchev–Trinajstić information content (AvgIpc) is 2.54. The quantitative estimate of drug-likeness (QED) is 0.796. The lowest BCUT2D eigenvalue weighted by Crippen LogP contribution is -2.26. The molecular weight excluding hydrogens is 291 g/mol. The second kappa shape index (κ2) is 8.32. The van der Waals surface area contributed by atoms with Gasteiger partial charge in [0.05, 0.1) is 6.42 Å². The van der Waals surface area contributed by atoms with E-state index in [4.69, 9.17) is 0 Å². The molecular formula is C19H23FN2O. The molecule has 0 aromatic heterocycles. The molecule has 0 aliphatic carbocycles. The predicted octanol–water partition coefficient (Wildman–Crippen LogP) is 3.18. The molecule has 0 fully saturated rings. The van der Waals surface area contributed by atoms with E-state index in [-0.39, 0.29) is 18.1 Å². The molecule has 1 N–H and O–H groups in total. The Hall–Kier alpha value is -2.36. The van der Waals surface area contributed by atoms with Crippen LogP contribution in [-0.2, 0) is 17.6 Å². The standard InChI is InChI=1S/C19H23FN2O/c1-22(2)18-11-7-15(8-12-18)4-3-13-21-19(23)14-16-5-9-17(20)10-6-16/h5-12H,3-4,13-14H2,1-2H3,(H,21,23). The molecule has 0 bridgehead atoms. The highest BCUT2D eigenvalue weighted by Gasteiger charge is 2.03. The zero-order valence-electron chi connectivity index (χ0n) is 13.7. The van der Waals surface area contributed by atoms with E-state index in [0.717, 1.165) is 18.4 Å². The summed E-state index contributed by atoms with van der Waals surface area (Å²) in [5.74, 6) is -0.311. The highest BCUT2D eigenvalue weighted by atomic mass is 19.1. The first-order chi connectivity index (χ1) is 11.0. The first-order valence-corrected chi connectivity index (χ1v) is 7.82. The Morgan fingerprint density at radius 3 is 2.22 bits per heavy atom. The summed E-state index contributed by atoms with van der Waals surface area (Å²) < 4.78 is 12.8. The number of carbonyl (C=O) groups excluding carboxylic acids is 1. The second-order valence-corrected chi connectivity index (χ2v) is 5.82. The number of nitrogens with zero attached hydrogens (tertiary/aromatic N) is 1. The van der Waals surface area contributed by atoms with Crippen molar-refractivity contribution in [1.82, 2.24) is 5.32 Å². The summed E-state index contributed by atoms with van der Waals surface area (Å²) in [4.78, 5) is 13.9. The lowest BCUT2D eigenvalue weighted by molar-refractivity contribution is -0.120. The minimum atomic E-state index is -0.283. The van der Waals surface area contributed by atoms with Crippen LogP contribution in [0.15, 0.2) is 48.5 Å². The number of nitrogens with one attached hydrogen (secondary N) is 1. The predicted molar refractivity (Wildman–Crippen MR) is 92.2 cm³/mol. The molecule has 2 aromatic carbocycles. The highest BCUT2D eigenvalue weighted by Crippen LogP contribution is 2.13. The third kappa shape index (κ3) is 5.74. The molecule has 0 unspecified atom stereocenters. The van der Waals surface area contributed by atoms with Gasteiger partial charge in [-0.3, -0.25) is 4.79 Å². The van der Waals surface area contributed by atoms with Gasteiger partial charge in [0.15, 0.2) is 0 Å². The van der Waals surface area contributed by atoms with Gasteiger partial charge >= 0.3 is 0 Å². The van der Waals surface area contributed by atoms with Crippen molar-refractivity contribution in [2.24, 2.45) is 0 Å². The molecule has 23 heavy (non-hydrogen) atoms. The third-order valence-electron chi connectivity index (χ3n) is 3.70. The minimum absolute atomic E-state index is 0.0282. The van der Waals surface area contributed by atoms with Gasteiger partial charge in [-0.1, -0.05) is 24.3 Å². The van der Waals surface area contributed by atoms with Crippen LogP contribution >= 0.6 is 0 Å². The first-order valence-electron chi connectivity index (χ1n) is 7.82. The van der Waals surface area contributed by atoms with Crippen molar-refractivity contribution in [3.05, 3.63) is 65.5 Å².